The topological polar surface area (TPSA) is 21.3 Å². The normalized spacial score (nSPS) is 13.6. The predicted octanol–water partition coefficient (Wildman–Crippen LogP) is 3.78. The van der Waals surface area contributed by atoms with Crippen molar-refractivity contribution in [3.05, 3.63) is 34.3 Å². The van der Waals surface area contributed by atoms with Crippen molar-refractivity contribution in [1.29, 1.82) is 0 Å². The summed E-state index contributed by atoms with van der Waals surface area (Å²) in [5.41, 5.74) is 1.23. The maximum absolute atomic E-state index is 5.82. The van der Waals surface area contributed by atoms with Crippen LogP contribution in [0.4, 0.5) is 0 Å². The molecule has 0 fully saturated rings. The van der Waals surface area contributed by atoms with Gasteiger partial charge in [-0.25, -0.2) is 0 Å². The first kappa shape index (κ1) is 15.7. The van der Waals surface area contributed by atoms with Gasteiger partial charge in [0.25, 0.3) is 0 Å². The van der Waals surface area contributed by atoms with Crippen LogP contribution in [0, 0.1) is 0 Å². The van der Waals surface area contributed by atoms with Gasteiger partial charge in [0.05, 0.1) is 5.60 Å². The lowest BCUT2D eigenvalue weighted by Crippen LogP contribution is -2.51. The fourth-order valence-corrected chi connectivity index (χ4v) is 3.06. The zero-order chi connectivity index (χ0) is 13.6. The van der Waals surface area contributed by atoms with Crippen molar-refractivity contribution in [1.82, 2.24) is 5.32 Å². The van der Waals surface area contributed by atoms with Crippen molar-refractivity contribution in [3.63, 3.8) is 0 Å². The van der Waals surface area contributed by atoms with E-state index >= 15 is 0 Å². The Labute approximate surface area is 119 Å². The summed E-state index contributed by atoms with van der Waals surface area (Å²) in [5.74, 6) is 0. The van der Waals surface area contributed by atoms with E-state index in [9.17, 15) is 0 Å². The average molecular weight is 314 g/mol. The van der Waals surface area contributed by atoms with Crippen LogP contribution < -0.4 is 5.32 Å². The Balaban J connectivity index is 2.94. The molecular formula is C15H24BrNO. The lowest BCUT2D eigenvalue weighted by molar-refractivity contribution is -0.0454. The van der Waals surface area contributed by atoms with Crippen molar-refractivity contribution in [2.24, 2.45) is 0 Å². The van der Waals surface area contributed by atoms with Crippen molar-refractivity contribution in [2.45, 2.75) is 44.8 Å². The van der Waals surface area contributed by atoms with Crippen molar-refractivity contribution >= 4 is 15.9 Å². The molecule has 1 rings (SSSR count). The smallest absolute Gasteiger partial charge is 0.0828 e. The molecule has 3 heteroatoms. The van der Waals surface area contributed by atoms with Gasteiger partial charge < -0.3 is 10.1 Å². The Morgan fingerprint density at radius 3 is 2.33 bits per heavy atom. The van der Waals surface area contributed by atoms with Gasteiger partial charge in [0.1, 0.15) is 0 Å². The molecule has 1 N–H and O–H groups in total. The number of benzene rings is 1. The Morgan fingerprint density at radius 2 is 1.89 bits per heavy atom. The second kappa shape index (κ2) is 7.27. The minimum atomic E-state index is -0.0932. The van der Waals surface area contributed by atoms with Gasteiger partial charge in [-0.15, -0.1) is 0 Å². The molecule has 18 heavy (non-hydrogen) atoms. The van der Waals surface area contributed by atoms with Crippen LogP contribution in [0.3, 0.4) is 0 Å². The number of halogens is 1. The second-order valence-electron chi connectivity index (χ2n) is 4.61. The molecule has 1 aromatic carbocycles. The highest BCUT2D eigenvalue weighted by molar-refractivity contribution is 9.10. The van der Waals surface area contributed by atoms with Crippen molar-refractivity contribution in [2.75, 3.05) is 14.2 Å². The van der Waals surface area contributed by atoms with E-state index in [0.29, 0.717) is 6.04 Å². The van der Waals surface area contributed by atoms with Crippen LogP contribution in [0.2, 0.25) is 0 Å². The van der Waals surface area contributed by atoms with Gasteiger partial charge in [0.2, 0.25) is 0 Å². The third-order valence-corrected chi connectivity index (χ3v) is 4.74. The summed E-state index contributed by atoms with van der Waals surface area (Å²) in [5, 5.41) is 3.43. The van der Waals surface area contributed by atoms with Crippen LogP contribution in [-0.4, -0.2) is 25.8 Å². The molecule has 0 aliphatic rings. The minimum Gasteiger partial charge on any atom is -0.377 e. The first-order valence-electron chi connectivity index (χ1n) is 6.59. The van der Waals surface area contributed by atoms with Crippen molar-refractivity contribution < 1.29 is 4.74 Å². The molecule has 0 aliphatic carbocycles. The van der Waals surface area contributed by atoms with Gasteiger partial charge in [0.15, 0.2) is 0 Å². The fraction of sp³-hybridized carbons (Fsp3) is 0.600. The molecule has 0 bridgehead atoms. The summed E-state index contributed by atoms with van der Waals surface area (Å²) in [7, 11) is 3.83. The minimum absolute atomic E-state index is 0.0932. The Hall–Kier alpha value is -0.380. The number of hydrogen-bond donors (Lipinski definition) is 1. The van der Waals surface area contributed by atoms with Gasteiger partial charge in [-0.05, 0) is 37.9 Å². The second-order valence-corrected chi connectivity index (χ2v) is 5.47. The fourth-order valence-electron chi connectivity index (χ4n) is 2.61. The SMILES string of the molecule is CCC(CC)(OC)C(Cc1ccccc1Br)NC. The van der Waals surface area contributed by atoms with E-state index in [1.807, 2.05) is 20.2 Å². The molecule has 0 spiro atoms. The first-order chi connectivity index (χ1) is 8.63. The quantitative estimate of drug-likeness (QED) is 0.827. The molecule has 0 saturated carbocycles. The van der Waals surface area contributed by atoms with Gasteiger partial charge in [-0.2, -0.15) is 0 Å². The summed E-state index contributed by atoms with van der Waals surface area (Å²) < 4.78 is 6.99. The summed E-state index contributed by atoms with van der Waals surface area (Å²) in [4.78, 5) is 0. The summed E-state index contributed by atoms with van der Waals surface area (Å²) in [6.07, 6.45) is 2.99. The van der Waals surface area contributed by atoms with Crippen LogP contribution in [0.15, 0.2) is 28.7 Å². The third-order valence-electron chi connectivity index (χ3n) is 3.97. The zero-order valence-corrected chi connectivity index (χ0v) is 13.4. The molecule has 1 aromatic rings. The zero-order valence-electron chi connectivity index (χ0n) is 11.8. The molecule has 1 unspecified atom stereocenters. The number of likely N-dealkylation sites (N-methyl/N-ethyl adjacent to an activating group) is 1. The van der Waals surface area contributed by atoms with Crippen molar-refractivity contribution in [3.8, 4) is 0 Å². The summed E-state index contributed by atoms with van der Waals surface area (Å²) >= 11 is 3.62. The first-order valence-corrected chi connectivity index (χ1v) is 7.38. The molecule has 102 valence electrons. The van der Waals surface area contributed by atoms with Gasteiger partial charge in [0, 0.05) is 17.6 Å². The Kier molecular flexibility index (Phi) is 6.33. The highest BCUT2D eigenvalue weighted by atomic mass is 79.9. The standard InChI is InChI=1S/C15H24BrNO/c1-5-15(6-2,18-4)14(17-3)11-12-9-7-8-10-13(12)16/h7-10,14,17H,5-6,11H2,1-4H3. The van der Waals surface area contributed by atoms with E-state index in [4.69, 9.17) is 4.74 Å². The van der Waals surface area contributed by atoms with Crippen LogP contribution in [-0.2, 0) is 11.2 Å². The lowest BCUT2D eigenvalue weighted by atomic mass is 9.84. The van der Waals surface area contributed by atoms with Gasteiger partial charge in [-0.3, -0.25) is 0 Å². The van der Waals surface area contributed by atoms with Crippen LogP contribution in [0.1, 0.15) is 32.3 Å². The van der Waals surface area contributed by atoms with Crippen LogP contribution >= 0.6 is 15.9 Å². The lowest BCUT2D eigenvalue weighted by Gasteiger charge is -2.38. The van der Waals surface area contributed by atoms with E-state index in [0.717, 1.165) is 19.3 Å². The maximum atomic E-state index is 5.82. The molecule has 0 aliphatic heterocycles. The molecule has 1 atom stereocenters. The number of methoxy groups -OCH3 is 1. The number of ether oxygens (including phenoxy) is 1. The summed E-state index contributed by atoms with van der Waals surface area (Å²) in [6.45, 7) is 4.38. The van der Waals surface area contributed by atoms with Crippen LogP contribution in [0.25, 0.3) is 0 Å². The number of nitrogens with one attached hydrogen (secondary N) is 1. The monoisotopic (exact) mass is 313 g/mol. The summed E-state index contributed by atoms with van der Waals surface area (Å²) in [6, 6.07) is 8.70. The molecule has 2 nitrogen and oxygen atoms in total. The highest BCUT2D eigenvalue weighted by Crippen LogP contribution is 2.28. The molecule has 0 amide bonds. The molecule has 0 saturated heterocycles. The largest absolute Gasteiger partial charge is 0.377 e. The van der Waals surface area contributed by atoms with E-state index < -0.39 is 0 Å². The van der Waals surface area contributed by atoms with E-state index in [1.54, 1.807) is 0 Å². The van der Waals surface area contributed by atoms with Crippen LogP contribution in [0.5, 0.6) is 0 Å². The molecular weight excluding hydrogens is 290 g/mol. The Morgan fingerprint density at radius 1 is 1.28 bits per heavy atom. The van der Waals surface area contributed by atoms with Gasteiger partial charge in [-0.1, -0.05) is 48.0 Å². The molecule has 0 radical (unpaired) electrons. The molecule has 0 aromatic heterocycles. The highest BCUT2D eigenvalue weighted by Gasteiger charge is 2.34. The van der Waals surface area contributed by atoms with Gasteiger partial charge >= 0.3 is 0 Å². The van der Waals surface area contributed by atoms with E-state index in [1.165, 1.54) is 10.0 Å². The number of hydrogen-bond acceptors (Lipinski definition) is 2. The maximum Gasteiger partial charge on any atom is 0.0828 e. The Bertz CT molecular complexity index is 355. The third kappa shape index (κ3) is 3.34. The van der Waals surface area contributed by atoms with E-state index in [2.05, 4.69) is 53.3 Å². The van der Waals surface area contributed by atoms with E-state index in [-0.39, 0.29) is 5.60 Å². The average Bonchev–Trinajstić information content (AvgIpc) is 2.42. The predicted molar refractivity (Wildman–Crippen MR) is 81.0 cm³/mol. The number of rotatable bonds is 7. The molecule has 0 heterocycles.